The van der Waals surface area contributed by atoms with E-state index in [1.54, 1.807) is 0 Å². The molecule has 0 bridgehead atoms. The molecule has 1 aliphatic carbocycles. The van der Waals surface area contributed by atoms with E-state index in [2.05, 4.69) is 12.0 Å². The van der Waals surface area contributed by atoms with Crippen molar-refractivity contribution in [2.24, 2.45) is 18.2 Å². The number of hydrogen-bond donors (Lipinski definition) is 1. The van der Waals surface area contributed by atoms with E-state index in [-0.39, 0.29) is 17.2 Å². The molecule has 18 heavy (non-hydrogen) atoms. The molecule has 0 saturated heterocycles. The first kappa shape index (κ1) is 13.3. The van der Waals surface area contributed by atoms with E-state index in [0.29, 0.717) is 6.42 Å². The van der Waals surface area contributed by atoms with Gasteiger partial charge in [-0.05, 0) is 25.3 Å². The van der Waals surface area contributed by atoms with Crippen LogP contribution in [0.4, 0.5) is 0 Å². The number of nitrogens with two attached hydrogens (primary N) is 1. The zero-order chi connectivity index (χ0) is 13.3. The standard InChI is InChI=1S/C14H23N3O/c1-4-10-8-11(17(3)16-10)9-13(18)14(2)7-5-6-12(14)15/h8,12H,4-7,9,15H2,1-3H3. The minimum absolute atomic E-state index is 0.0175. The van der Waals surface area contributed by atoms with Crippen molar-refractivity contribution in [2.75, 3.05) is 0 Å². The van der Waals surface area contributed by atoms with Crippen molar-refractivity contribution in [1.82, 2.24) is 9.78 Å². The fourth-order valence-corrected chi connectivity index (χ4v) is 2.82. The summed E-state index contributed by atoms with van der Waals surface area (Å²) in [6.45, 7) is 4.09. The molecule has 0 spiro atoms. The van der Waals surface area contributed by atoms with Crippen molar-refractivity contribution in [3.05, 3.63) is 17.5 Å². The third kappa shape index (κ3) is 2.21. The molecule has 1 saturated carbocycles. The highest BCUT2D eigenvalue weighted by molar-refractivity contribution is 5.87. The predicted molar refractivity (Wildman–Crippen MR) is 71.2 cm³/mol. The molecule has 1 aromatic heterocycles. The number of carbonyl (C=O) groups is 1. The molecular formula is C14H23N3O. The van der Waals surface area contributed by atoms with Gasteiger partial charge in [0.2, 0.25) is 0 Å². The molecule has 1 aromatic rings. The molecule has 2 unspecified atom stereocenters. The van der Waals surface area contributed by atoms with Crippen LogP contribution in [0.2, 0.25) is 0 Å². The minimum atomic E-state index is -0.337. The Morgan fingerprint density at radius 2 is 2.39 bits per heavy atom. The Kier molecular flexibility index (Phi) is 3.57. The van der Waals surface area contributed by atoms with Gasteiger partial charge in [0.1, 0.15) is 5.78 Å². The molecule has 1 fully saturated rings. The lowest BCUT2D eigenvalue weighted by Crippen LogP contribution is -2.42. The highest BCUT2D eigenvalue weighted by Gasteiger charge is 2.42. The highest BCUT2D eigenvalue weighted by atomic mass is 16.1. The second kappa shape index (κ2) is 4.84. The number of aryl methyl sites for hydroxylation is 2. The predicted octanol–water partition coefficient (Wildman–Crippen LogP) is 1.61. The van der Waals surface area contributed by atoms with Gasteiger partial charge in [-0.15, -0.1) is 0 Å². The summed E-state index contributed by atoms with van der Waals surface area (Å²) < 4.78 is 1.82. The SMILES string of the molecule is CCc1cc(CC(=O)C2(C)CCCC2N)n(C)n1. The van der Waals surface area contributed by atoms with Crippen molar-refractivity contribution < 1.29 is 4.79 Å². The first-order valence-electron chi connectivity index (χ1n) is 6.78. The number of nitrogens with zero attached hydrogens (tertiary/aromatic N) is 2. The molecule has 4 heteroatoms. The Morgan fingerprint density at radius 3 is 2.89 bits per heavy atom. The molecule has 100 valence electrons. The van der Waals surface area contributed by atoms with Crippen LogP contribution in [0.1, 0.15) is 44.5 Å². The number of Topliss-reactive ketones (excluding diaryl/α,β-unsaturated/α-hetero) is 1. The fraction of sp³-hybridized carbons (Fsp3) is 0.714. The van der Waals surface area contributed by atoms with Crippen molar-refractivity contribution in [3.8, 4) is 0 Å². The van der Waals surface area contributed by atoms with Crippen molar-refractivity contribution in [1.29, 1.82) is 0 Å². The minimum Gasteiger partial charge on any atom is -0.327 e. The Bertz CT molecular complexity index is 452. The maximum absolute atomic E-state index is 12.5. The largest absolute Gasteiger partial charge is 0.327 e. The Balaban J connectivity index is 2.13. The summed E-state index contributed by atoms with van der Waals surface area (Å²) in [7, 11) is 1.90. The number of aromatic nitrogens is 2. The summed E-state index contributed by atoms with van der Waals surface area (Å²) in [6, 6.07) is 2.05. The zero-order valence-electron chi connectivity index (χ0n) is 11.6. The van der Waals surface area contributed by atoms with Crippen LogP contribution >= 0.6 is 0 Å². The smallest absolute Gasteiger partial charge is 0.146 e. The van der Waals surface area contributed by atoms with Crippen LogP contribution < -0.4 is 5.73 Å². The Morgan fingerprint density at radius 1 is 1.67 bits per heavy atom. The third-order valence-corrected chi connectivity index (χ3v) is 4.40. The summed E-state index contributed by atoms with van der Waals surface area (Å²) in [5, 5.41) is 4.38. The lowest BCUT2D eigenvalue weighted by molar-refractivity contribution is -0.127. The summed E-state index contributed by atoms with van der Waals surface area (Å²) in [5.74, 6) is 0.262. The fourth-order valence-electron chi connectivity index (χ4n) is 2.82. The van der Waals surface area contributed by atoms with E-state index in [1.807, 2.05) is 24.7 Å². The molecular weight excluding hydrogens is 226 g/mol. The molecule has 0 aromatic carbocycles. The van der Waals surface area contributed by atoms with Crippen LogP contribution in [-0.2, 0) is 24.7 Å². The second-order valence-corrected chi connectivity index (χ2v) is 5.62. The van der Waals surface area contributed by atoms with Crippen LogP contribution in [0, 0.1) is 5.41 Å². The van der Waals surface area contributed by atoms with Gasteiger partial charge in [0.05, 0.1) is 5.69 Å². The highest BCUT2D eigenvalue weighted by Crippen LogP contribution is 2.38. The lowest BCUT2D eigenvalue weighted by Gasteiger charge is -2.27. The van der Waals surface area contributed by atoms with Crippen LogP contribution in [-0.4, -0.2) is 21.6 Å². The molecule has 4 nitrogen and oxygen atoms in total. The zero-order valence-corrected chi connectivity index (χ0v) is 11.6. The molecule has 2 rings (SSSR count). The van der Waals surface area contributed by atoms with Gasteiger partial charge in [0, 0.05) is 30.6 Å². The molecule has 0 aliphatic heterocycles. The summed E-state index contributed by atoms with van der Waals surface area (Å²) in [5.41, 5.74) is 7.80. The van der Waals surface area contributed by atoms with Gasteiger partial charge in [-0.2, -0.15) is 5.10 Å². The maximum atomic E-state index is 12.5. The van der Waals surface area contributed by atoms with E-state index in [1.165, 1.54) is 0 Å². The first-order valence-corrected chi connectivity index (χ1v) is 6.78. The summed E-state index contributed by atoms with van der Waals surface area (Å²) in [6.07, 6.45) is 4.31. The summed E-state index contributed by atoms with van der Waals surface area (Å²) >= 11 is 0. The van der Waals surface area contributed by atoms with E-state index < -0.39 is 0 Å². The number of hydrogen-bond acceptors (Lipinski definition) is 3. The molecule has 2 N–H and O–H groups in total. The number of carbonyl (C=O) groups excluding carboxylic acids is 1. The van der Waals surface area contributed by atoms with Crippen LogP contribution in [0.5, 0.6) is 0 Å². The lowest BCUT2D eigenvalue weighted by atomic mass is 9.79. The van der Waals surface area contributed by atoms with Gasteiger partial charge in [-0.3, -0.25) is 9.48 Å². The first-order chi connectivity index (χ1) is 8.47. The third-order valence-electron chi connectivity index (χ3n) is 4.40. The number of ketones is 1. The normalized spacial score (nSPS) is 27.7. The van der Waals surface area contributed by atoms with Gasteiger partial charge in [-0.25, -0.2) is 0 Å². The Labute approximate surface area is 109 Å². The van der Waals surface area contributed by atoms with Gasteiger partial charge >= 0.3 is 0 Å². The summed E-state index contributed by atoms with van der Waals surface area (Å²) in [4.78, 5) is 12.5. The molecule has 0 radical (unpaired) electrons. The molecule has 1 aliphatic rings. The average molecular weight is 249 g/mol. The van der Waals surface area contributed by atoms with E-state index in [4.69, 9.17) is 5.73 Å². The quantitative estimate of drug-likeness (QED) is 0.882. The second-order valence-electron chi connectivity index (χ2n) is 5.62. The van der Waals surface area contributed by atoms with Crippen LogP contribution in [0.3, 0.4) is 0 Å². The number of rotatable bonds is 4. The topological polar surface area (TPSA) is 60.9 Å². The maximum Gasteiger partial charge on any atom is 0.146 e. The van der Waals surface area contributed by atoms with E-state index >= 15 is 0 Å². The Hall–Kier alpha value is -1.16. The van der Waals surface area contributed by atoms with Crippen LogP contribution in [0.25, 0.3) is 0 Å². The van der Waals surface area contributed by atoms with Crippen LogP contribution in [0.15, 0.2) is 6.07 Å². The van der Waals surface area contributed by atoms with Crippen molar-refractivity contribution in [3.63, 3.8) is 0 Å². The van der Waals surface area contributed by atoms with Gasteiger partial charge in [0.25, 0.3) is 0 Å². The van der Waals surface area contributed by atoms with Crippen molar-refractivity contribution in [2.45, 2.75) is 52.0 Å². The molecule has 1 heterocycles. The average Bonchev–Trinajstić information content (AvgIpc) is 2.85. The van der Waals surface area contributed by atoms with Crippen molar-refractivity contribution >= 4 is 5.78 Å². The van der Waals surface area contributed by atoms with Gasteiger partial charge in [-0.1, -0.05) is 20.3 Å². The monoisotopic (exact) mass is 249 g/mol. The van der Waals surface area contributed by atoms with E-state index in [0.717, 1.165) is 37.1 Å². The van der Waals surface area contributed by atoms with E-state index in [9.17, 15) is 4.79 Å². The molecule has 0 amide bonds. The van der Waals surface area contributed by atoms with Gasteiger partial charge < -0.3 is 5.73 Å². The van der Waals surface area contributed by atoms with Gasteiger partial charge in [0.15, 0.2) is 0 Å². The molecule has 2 atom stereocenters.